The predicted octanol–water partition coefficient (Wildman–Crippen LogP) is 1.85. The van der Waals surface area contributed by atoms with Crippen molar-refractivity contribution in [3.63, 3.8) is 0 Å². The number of hydrogen-bond donors (Lipinski definition) is 2. The van der Waals surface area contributed by atoms with Crippen LogP contribution >= 0.6 is 0 Å². The molecule has 0 radical (unpaired) electrons. The number of hydrogen-bond acceptors (Lipinski definition) is 4. The van der Waals surface area contributed by atoms with Gasteiger partial charge in [-0.15, -0.1) is 0 Å². The molecule has 0 aliphatic carbocycles. The monoisotopic (exact) mass is 372 g/mol. The van der Waals surface area contributed by atoms with E-state index in [4.69, 9.17) is 0 Å². The van der Waals surface area contributed by atoms with Crippen LogP contribution in [0.25, 0.3) is 0 Å². The van der Waals surface area contributed by atoms with Crippen molar-refractivity contribution in [2.75, 3.05) is 17.0 Å². The molecule has 0 aliphatic heterocycles. The maximum atomic E-state index is 13.0. The van der Waals surface area contributed by atoms with Crippen molar-refractivity contribution in [1.29, 1.82) is 0 Å². The summed E-state index contributed by atoms with van der Waals surface area (Å²) in [6.07, 6.45) is 0. The highest BCUT2D eigenvalue weighted by atomic mass is 32.2. The van der Waals surface area contributed by atoms with Crippen LogP contribution in [0.15, 0.2) is 53.4 Å². The highest BCUT2D eigenvalue weighted by Crippen LogP contribution is 2.15. The summed E-state index contributed by atoms with van der Waals surface area (Å²) in [6, 6.07) is 11.6. The summed E-state index contributed by atoms with van der Waals surface area (Å²) < 4.78 is 65.8. The van der Waals surface area contributed by atoms with Crippen LogP contribution < -0.4 is 9.44 Å². The smallest absolute Gasteiger partial charge is 0.240 e. The van der Waals surface area contributed by atoms with Gasteiger partial charge in [0.05, 0.1) is 10.6 Å². The highest BCUT2D eigenvalue weighted by Gasteiger charge is 2.18. The third-order valence-electron chi connectivity index (χ3n) is 3.14. The minimum atomic E-state index is -3.91. The molecule has 9 heteroatoms. The molecule has 0 aromatic heterocycles. The molecule has 0 fully saturated rings. The van der Waals surface area contributed by atoms with Gasteiger partial charge in [0.25, 0.3) is 0 Å². The molecule has 0 spiro atoms. The molecule has 0 unspecified atom stereocenters. The standard InChI is InChI=1S/C15H17FN2O4S2/c1-12-11-13(16)7-8-15(12)24(21,22)17-9-10-23(19,20)18-14-5-3-2-4-6-14/h2-8,11,17-18H,9-10H2,1H3. The number of anilines is 1. The second kappa shape index (κ2) is 7.29. The van der Waals surface area contributed by atoms with Gasteiger partial charge in [0, 0.05) is 12.2 Å². The van der Waals surface area contributed by atoms with Crippen LogP contribution in [-0.4, -0.2) is 29.1 Å². The zero-order valence-corrected chi connectivity index (χ0v) is 14.5. The van der Waals surface area contributed by atoms with Crippen molar-refractivity contribution in [2.24, 2.45) is 0 Å². The SMILES string of the molecule is Cc1cc(F)ccc1S(=O)(=O)NCCS(=O)(=O)Nc1ccccc1. The quantitative estimate of drug-likeness (QED) is 0.776. The van der Waals surface area contributed by atoms with Crippen LogP contribution in [0.1, 0.15) is 5.56 Å². The third kappa shape index (κ3) is 5.02. The zero-order chi connectivity index (χ0) is 17.8. The Hall–Kier alpha value is -1.97. The van der Waals surface area contributed by atoms with E-state index in [2.05, 4.69) is 9.44 Å². The Morgan fingerprint density at radius 1 is 1.00 bits per heavy atom. The summed E-state index contributed by atoms with van der Waals surface area (Å²) in [5, 5.41) is 0. The second-order valence-electron chi connectivity index (χ2n) is 5.09. The molecule has 0 saturated carbocycles. The fourth-order valence-corrected chi connectivity index (χ4v) is 4.39. The minimum Gasteiger partial charge on any atom is -0.284 e. The Bertz CT molecular complexity index is 914. The van der Waals surface area contributed by atoms with E-state index in [0.717, 1.165) is 18.2 Å². The molecule has 0 atom stereocenters. The molecule has 0 saturated heterocycles. The molecule has 24 heavy (non-hydrogen) atoms. The van der Waals surface area contributed by atoms with E-state index in [1.54, 1.807) is 30.3 Å². The fraction of sp³-hybridized carbons (Fsp3) is 0.200. The van der Waals surface area contributed by atoms with Crippen LogP contribution in [0.3, 0.4) is 0 Å². The lowest BCUT2D eigenvalue weighted by molar-refractivity contribution is 0.580. The zero-order valence-electron chi connectivity index (χ0n) is 12.9. The molecule has 6 nitrogen and oxygen atoms in total. The van der Waals surface area contributed by atoms with Crippen LogP contribution in [-0.2, 0) is 20.0 Å². The largest absolute Gasteiger partial charge is 0.284 e. The molecule has 2 aromatic carbocycles. The first-order valence-corrected chi connectivity index (χ1v) is 10.1. The molecule has 0 aliphatic rings. The van der Waals surface area contributed by atoms with Gasteiger partial charge in [-0.2, -0.15) is 0 Å². The molecule has 0 bridgehead atoms. The van der Waals surface area contributed by atoms with Crippen LogP contribution in [0.4, 0.5) is 10.1 Å². The summed E-state index contributed by atoms with van der Waals surface area (Å²) in [4.78, 5) is -0.0858. The lowest BCUT2D eigenvalue weighted by Crippen LogP contribution is -2.31. The van der Waals surface area contributed by atoms with E-state index in [9.17, 15) is 21.2 Å². The van der Waals surface area contributed by atoms with E-state index in [1.807, 2.05) is 0 Å². The Labute approximate surface area is 140 Å². The van der Waals surface area contributed by atoms with Gasteiger partial charge in [-0.3, -0.25) is 4.72 Å². The number of halogens is 1. The molecule has 0 amide bonds. The summed E-state index contributed by atoms with van der Waals surface area (Å²) in [6.45, 7) is 1.16. The summed E-state index contributed by atoms with van der Waals surface area (Å²) in [7, 11) is -7.60. The van der Waals surface area contributed by atoms with E-state index in [0.29, 0.717) is 5.69 Å². The highest BCUT2D eigenvalue weighted by molar-refractivity contribution is 7.92. The lowest BCUT2D eigenvalue weighted by Gasteiger charge is -2.11. The molecule has 130 valence electrons. The average molecular weight is 372 g/mol. The van der Waals surface area contributed by atoms with Gasteiger partial charge in [0.1, 0.15) is 5.82 Å². The normalized spacial score (nSPS) is 12.1. The van der Waals surface area contributed by atoms with Crippen LogP contribution in [0, 0.1) is 12.7 Å². The predicted molar refractivity (Wildman–Crippen MR) is 90.2 cm³/mol. The van der Waals surface area contributed by atoms with Gasteiger partial charge < -0.3 is 0 Å². The van der Waals surface area contributed by atoms with E-state index < -0.39 is 31.6 Å². The number of benzene rings is 2. The molecular weight excluding hydrogens is 355 g/mol. The van der Waals surface area contributed by atoms with Crippen molar-refractivity contribution in [3.05, 3.63) is 59.9 Å². The second-order valence-corrected chi connectivity index (χ2v) is 8.67. The Morgan fingerprint density at radius 3 is 2.29 bits per heavy atom. The third-order valence-corrected chi connectivity index (χ3v) is 6.05. The van der Waals surface area contributed by atoms with E-state index in [-0.39, 0.29) is 17.0 Å². The van der Waals surface area contributed by atoms with Gasteiger partial charge in [0.15, 0.2) is 0 Å². The number of sulfonamides is 2. The van der Waals surface area contributed by atoms with Gasteiger partial charge in [-0.25, -0.2) is 25.9 Å². The van der Waals surface area contributed by atoms with Gasteiger partial charge in [-0.05, 0) is 42.8 Å². The fourth-order valence-electron chi connectivity index (χ4n) is 2.04. The minimum absolute atomic E-state index is 0.0858. The van der Waals surface area contributed by atoms with Crippen molar-refractivity contribution in [2.45, 2.75) is 11.8 Å². The maximum absolute atomic E-state index is 13.0. The lowest BCUT2D eigenvalue weighted by atomic mass is 10.2. The number of rotatable bonds is 7. The first kappa shape index (κ1) is 18.4. The molecule has 2 aromatic rings. The van der Waals surface area contributed by atoms with Crippen molar-refractivity contribution in [3.8, 4) is 0 Å². The van der Waals surface area contributed by atoms with Gasteiger partial charge in [-0.1, -0.05) is 18.2 Å². The van der Waals surface area contributed by atoms with Crippen LogP contribution in [0.2, 0.25) is 0 Å². The van der Waals surface area contributed by atoms with Crippen molar-refractivity contribution >= 4 is 25.7 Å². The molecule has 2 N–H and O–H groups in total. The Balaban J connectivity index is 2.00. The summed E-state index contributed by atoms with van der Waals surface area (Å²) in [5.74, 6) is -0.970. The number of aryl methyl sites for hydroxylation is 1. The molecule has 0 heterocycles. The molecule has 2 rings (SSSR count). The van der Waals surface area contributed by atoms with Crippen molar-refractivity contribution in [1.82, 2.24) is 4.72 Å². The Kier molecular flexibility index (Phi) is 5.58. The van der Waals surface area contributed by atoms with E-state index >= 15 is 0 Å². The van der Waals surface area contributed by atoms with Gasteiger partial charge in [0.2, 0.25) is 20.0 Å². The van der Waals surface area contributed by atoms with Crippen molar-refractivity contribution < 1.29 is 21.2 Å². The molecular formula is C15H17FN2O4S2. The Morgan fingerprint density at radius 2 is 1.67 bits per heavy atom. The van der Waals surface area contributed by atoms with Crippen LogP contribution in [0.5, 0.6) is 0 Å². The van der Waals surface area contributed by atoms with Gasteiger partial charge >= 0.3 is 0 Å². The van der Waals surface area contributed by atoms with E-state index in [1.165, 1.54) is 6.92 Å². The summed E-state index contributed by atoms with van der Waals surface area (Å²) in [5.41, 5.74) is 0.641. The maximum Gasteiger partial charge on any atom is 0.240 e. The summed E-state index contributed by atoms with van der Waals surface area (Å²) >= 11 is 0. The number of para-hydroxylation sites is 1. The topological polar surface area (TPSA) is 92.3 Å². The average Bonchev–Trinajstić information content (AvgIpc) is 2.46. The first-order valence-electron chi connectivity index (χ1n) is 7.01. The number of nitrogens with one attached hydrogen (secondary N) is 2. The first-order chi connectivity index (χ1) is 11.2.